The van der Waals surface area contributed by atoms with Crippen LogP contribution in [-0.4, -0.2) is 49.1 Å². The van der Waals surface area contributed by atoms with Crippen molar-refractivity contribution >= 4 is 5.91 Å². The number of likely N-dealkylation sites (N-methyl/N-ethyl adjacent to an activating group) is 1. The van der Waals surface area contributed by atoms with Crippen molar-refractivity contribution in [2.24, 2.45) is 5.92 Å². The van der Waals surface area contributed by atoms with Gasteiger partial charge in [-0.25, -0.2) is 0 Å². The van der Waals surface area contributed by atoms with Crippen molar-refractivity contribution in [2.75, 3.05) is 26.2 Å². The van der Waals surface area contributed by atoms with Crippen LogP contribution in [0, 0.1) is 5.92 Å². The van der Waals surface area contributed by atoms with Crippen LogP contribution < -0.4 is 10.6 Å². The molecule has 2 N–H and O–H groups in total. The van der Waals surface area contributed by atoms with Gasteiger partial charge in [0.25, 0.3) is 0 Å². The van der Waals surface area contributed by atoms with Gasteiger partial charge in [0.15, 0.2) is 0 Å². The van der Waals surface area contributed by atoms with Gasteiger partial charge in [0.05, 0.1) is 0 Å². The maximum absolute atomic E-state index is 12.0. The maximum atomic E-state index is 12.0. The number of carbonyl (C=O) groups is 1. The monoisotopic (exact) mass is 267 g/mol. The van der Waals surface area contributed by atoms with Crippen molar-refractivity contribution in [1.29, 1.82) is 0 Å². The number of piperidine rings is 1. The minimum atomic E-state index is 0.217. The average molecular weight is 267 g/mol. The molecule has 19 heavy (non-hydrogen) atoms. The number of amides is 1. The fourth-order valence-corrected chi connectivity index (χ4v) is 3.43. The van der Waals surface area contributed by atoms with Crippen LogP contribution in [0.5, 0.6) is 0 Å². The molecule has 0 aromatic carbocycles. The standard InChI is InChI=1S/C15H29N3O/c1-3-18-9-5-7-13(18)11-17-15(19)10-14-12(2)6-4-8-16-14/h12-14,16H,3-11H2,1-2H3,(H,17,19). The molecule has 2 aliphatic heterocycles. The second-order valence-corrected chi connectivity index (χ2v) is 6.11. The Bertz CT molecular complexity index is 295. The Morgan fingerprint density at radius 1 is 1.37 bits per heavy atom. The number of rotatable bonds is 5. The molecule has 0 saturated carbocycles. The highest BCUT2D eigenvalue weighted by Crippen LogP contribution is 2.18. The third-order valence-corrected chi connectivity index (χ3v) is 4.78. The first-order valence-electron chi connectivity index (χ1n) is 7.94. The fraction of sp³-hybridized carbons (Fsp3) is 0.933. The lowest BCUT2D eigenvalue weighted by Gasteiger charge is -2.30. The van der Waals surface area contributed by atoms with Crippen LogP contribution in [0.4, 0.5) is 0 Å². The Balaban J connectivity index is 1.69. The minimum Gasteiger partial charge on any atom is -0.354 e. The van der Waals surface area contributed by atoms with Gasteiger partial charge in [-0.3, -0.25) is 9.69 Å². The highest BCUT2D eigenvalue weighted by molar-refractivity contribution is 5.76. The summed E-state index contributed by atoms with van der Waals surface area (Å²) in [5.74, 6) is 0.840. The van der Waals surface area contributed by atoms with Crippen molar-refractivity contribution in [1.82, 2.24) is 15.5 Å². The molecule has 0 aliphatic carbocycles. The van der Waals surface area contributed by atoms with Crippen LogP contribution >= 0.6 is 0 Å². The largest absolute Gasteiger partial charge is 0.354 e. The molecule has 4 nitrogen and oxygen atoms in total. The summed E-state index contributed by atoms with van der Waals surface area (Å²) in [6, 6.07) is 0.935. The molecule has 1 amide bonds. The molecule has 2 aliphatic rings. The lowest BCUT2D eigenvalue weighted by Crippen LogP contribution is -2.45. The second-order valence-electron chi connectivity index (χ2n) is 6.11. The van der Waals surface area contributed by atoms with Crippen LogP contribution in [0.25, 0.3) is 0 Å². The second kappa shape index (κ2) is 7.25. The Hall–Kier alpha value is -0.610. The number of hydrogen-bond donors (Lipinski definition) is 2. The zero-order valence-electron chi connectivity index (χ0n) is 12.5. The summed E-state index contributed by atoms with van der Waals surface area (Å²) in [5.41, 5.74) is 0. The SMILES string of the molecule is CCN1CCCC1CNC(=O)CC1NCCCC1C. The fourth-order valence-electron chi connectivity index (χ4n) is 3.43. The molecule has 2 saturated heterocycles. The van der Waals surface area contributed by atoms with Gasteiger partial charge >= 0.3 is 0 Å². The van der Waals surface area contributed by atoms with Gasteiger partial charge in [-0.15, -0.1) is 0 Å². The molecule has 3 atom stereocenters. The summed E-state index contributed by atoms with van der Waals surface area (Å²) >= 11 is 0. The number of likely N-dealkylation sites (tertiary alicyclic amines) is 1. The van der Waals surface area contributed by atoms with Gasteiger partial charge in [0, 0.05) is 25.0 Å². The minimum absolute atomic E-state index is 0.217. The van der Waals surface area contributed by atoms with Gasteiger partial charge in [-0.2, -0.15) is 0 Å². The van der Waals surface area contributed by atoms with Crippen molar-refractivity contribution in [3.8, 4) is 0 Å². The van der Waals surface area contributed by atoms with E-state index < -0.39 is 0 Å². The van der Waals surface area contributed by atoms with Crippen molar-refractivity contribution < 1.29 is 4.79 Å². The molecule has 4 heteroatoms. The number of nitrogens with one attached hydrogen (secondary N) is 2. The molecule has 110 valence electrons. The average Bonchev–Trinajstić information content (AvgIpc) is 2.86. The highest BCUT2D eigenvalue weighted by atomic mass is 16.1. The van der Waals surface area contributed by atoms with Crippen LogP contribution in [0.1, 0.15) is 46.0 Å². The molecular weight excluding hydrogens is 238 g/mol. The lowest BCUT2D eigenvalue weighted by molar-refractivity contribution is -0.122. The lowest BCUT2D eigenvalue weighted by atomic mass is 9.90. The first-order valence-corrected chi connectivity index (χ1v) is 7.94. The van der Waals surface area contributed by atoms with Crippen LogP contribution in [-0.2, 0) is 4.79 Å². The summed E-state index contributed by atoms with van der Waals surface area (Å²) in [6.07, 6.45) is 5.63. The van der Waals surface area contributed by atoms with Crippen LogP contribution in [0.2, 0.25) is 0 Å². The Labute approximate surface area is 117 Å². The first-order chi connectivity index (χ1) is 9.20. The van der Waals surface area contributed by atoms with E-state index in [1.807, 2.05) is 0 Å². The van der Waals surface area contributed by atoms with Crippen molar-refractivity contribution in [2.45, 2.75) is 58.0 Å². The van der Waals surface area contributed by atoms with Gasteiger partial charge < -0.3 is 10.6 Å². The van der Waals surface area contributed by atoms with E-state index in [9.17, 15) is 4.79 Å². The smallest absolute Gasteiger partial charge is 0.221 e. The Morgan fingerprint density at radius 2 is 2.21 bits per heavy atom. The molecule has 2 rings (SSSR count). The summed E-state index contributed by atoms with van der Waals surface area (Å²) in [5, 5.41) is 6.61. The third kappa shape index (κ3) is 4.18. The number of carbonyl (C=O) groups excluding carboxylic acids is 1. The molecule has 0 aromatic heterocycles. The predicted molar refractivity (Wildman–Crippen MR) is 78.1 cm³/mol. The molecule has 3 unspecified atom stereocenters. The maximum Gasteiger partial charge on any atom is 0.221 e. The van der Waals surface area contributed by atoms with Crippen LogP contribution in [0.3, 0.4) is 0 Å². The quantitative estimate of drug-likeness (QED) is 0.790. The van der Waals surface area contributed by atoms with E-state index in [1.54, 1.807) is 0 Å². The van der Waals surface area contributed by atoms with E-state index in [1.165, 1.54) is 32.2 Å². The zero-order chi connectivity index (χ0) is 13.7. The molecule has 2 fully saturated rings. The van der Waals surface area contributed by atoms with Gasteiger partial charge in [0.1, 0.15) is 0 Å². The van der Waals surface area contributed by atoms with E-state index in [0.717, 1.165) is 19.6 Å². The molecular formula is C15H29N3O. The van der Waals surface area contributed by atoms with E-state index >= 15 is 0 Å². The zero-order valence-corrected chi connectivity index (χ0v) is 12.5. The summed E-state index contributed by atoms with van der Waals surface area (Å²) in [6.45, 7) is 8.63. The summed E-state index contributed by atoms with van der Waals surface area (Å²) in [4.78, 5) is 14.5. The van der Waals surface area contributed by atoms with Gasteiger partial charge in [-0.05, 0) is 51.2 Å². The first kappa shape index (κ1) is 14.8. The van der Waals surface area contributed by atoms with Crippen molar-refractivity contribution in [3.63, 3.8) is 0 Å². The topological polar surface area (TPSA) is 44.4 Å². The van der Waals surface area contributed by atoms with E-state index in [2.05, 4.69) is 29.4 Å². The van der Waals surface area contributed by atoms with Gasteiger partial charge in [-0.1, -0.05) is 13.8 Å². The molecule has 2 heterocycles. The molecule has 0 spiro atoms. The highest BCUT2D eigenvalue weighted by Gasteiger charge is 2.25. The Morgan fingerprint density at radius 3 is 2.95 bits per heavy atom. The van der Waals surface area contributed by atoms with E-state index in [-0.39, 0.29) is 5.91 Å². The predicted octanol–water partition coefficient (Wildman–Crippen LogP) is 1.37. The summed E-state index contributed by atoms with van der Waals surface area (Å²) in [7, 11) is 0. The summed E-state index contributed by atoms with van der Waals surface area (Å²) < 4.78 is 0. The van der Waals surface area contributed by atoms with E-state index in [4.69, 9.17) is 0 Å². The Kier molecular flexibility index (Phi) is 5.64. The van der Waals surface area contributed by atoms with Crippen molar-refractivity contribution in [3.05, 3.63) is 0 Å². The van der Waals surface area contributed by atoms with Crippen LogP contribution in [0.15, 0.2) is 0 Å². The molecule has 0 bridgehead atoms. The molecule has 0 aromatic rings. The third-order valence-electron chi connectivity index (χ3n) is 4.78. The van der Waals surface area contributed by atoms with E-state index in [0.29, 0.717) is 24.4 Å². The van der Waals surface area contributed by atoms with Gasteiger partial charge in [0.2, 0.25) is 5.91 Å². The number of nitrogens with zero attached hydrogens (tertiary/aromatic N) is 1. The normalized spacial score (nSPS) is 32.4. The number of hydrogen-bond acceptors (Lipinski definition) is 3. The molecule has 0 radical (unpaired) electrons.